The van der Waals surface area contributed by atoms with Crippen molar-refractivity contribution < 1.29 is 17.9 Å². The summed E-state index contributed by atoms with van der Waals surface area (Å²) in [4.78, 5) is 0. The van der Waals surface area contributed by atoms with Crippen molar-refractivity contribution in [3.8, 4) is 5.75 Å². The van der Waals surface area contributed by atoms with Crippen molar-refractivity contribution in [2.75, 3.05) is 12.4 Å². The lowest BCUT2D eigenvalue weighted by Gasteiger charge is -2.16. The predicted octanol–water partition coefficient (Wildman–Crippen LogP) is 5.54. The number of rotatable bonds is 5. The molecule has 23 heavy (non-hydrogen) atoms. The Balaban J connectivity index is 2.20. The van der Waals surface area contributed by atoms with Gasteiger partial charge in [-0.05, 0) is 35.9 Å². The third kappa shape index (κ3) is 4.42. The molecule has 1 N–H and O–H groups in total. The van der Waals surface area contributed by atoms with Crippen LogP contribution in [-0.2, 0) is 6.54 Å². The lowest BCUT2D eigenvalue weighted by atomic mass is 10.0. The molecule has 2 nitrogen and oxygen atoms in total. The summed E-state index contributed by atoms with van der Waals surface area (Å²) in [7, 11) is 1.57. The number of alkyl halides is 3. The molecule has 2 rings (SSSR count). The van der Waals surface area contributed by atoms with E-state index in [2.05, 4.69) is 11.9 Å². The first-order valence-electron chi connectivity index (χ1n) is 6.74. The minimum absolute atomic E-state index is 0.0569. The molecule has 0 unspecified atom stereocenters. The minimum Gasteiger partial charge on any atom is -0.497 e. The Labute approximate surface area is 137 Å². The first-order chi connectivity index (χ1) is 10.8. The number of hydrogen-bond donors (Lipinski definition) is 1. The van der Waals surface area contributed by atoms with Crippen LogP contribution in [0.2, 0.25) is 5.02 Å². The molecule has 0 atom stereocenters. The lowest BCUT2D eigenvalue weighted by molar-refractivity contribution is -0.0686. The molecular formula is C17H15ClF3NO. The smallest absolute Gasteiger partial charge is 0.416 e. The number of anilines is 1. The van der Waals surface area contributed by atoms with Gasteiger partial charge in [0.25, 0.3) is 0 Å². The normalized spacial score (nSPS) is 11.2. The Morgan fingerprint density at radius 1 is 1.17 bits per heavy atom. The largest absolute Gasteiger partial charge is 0.497 e. The van der Waals surface area contributed by atoms with Gasteiger partial charge in [-0.25, -0.2) is 0 Å². The maximum Gasteiger partial charge on any atom is 0.416 e. The van der Waals surface area contributed by atoms with Crippen LogP contribution in [0, 0.1) is 0 Å². The third-order valence-corrected chi connectivity index (χ3v) is 3.53. The van der Waals surface area contributed by atoms with Gasteiger partial charge in [0, 0.05) is 22.8 Å². The second kappa shape index (κ2) is 6.96. The highest BCUT2D eigenvalue weighted by Crippen LogP contribution is 2.37. The highest BCUT2D eigenvalue weighted by Gasteiger charge is 2.34. The van der Waals surface area contributed by atoms with Gasteiger partial charge in [0.15, 0.2) is 0 Å². The monoisotopic (exact) mass is 341 g/mol. The summed E-state index contributed by atoms with van der Waals surface area (Å²) in [6.07, 6.45) is -4.51. The summed E-state index contributed by atoms with van der Waals surface area (Å²) in [5, 5.41) is 3.21. The van der Waals surface area contributed by atoms with E-state index in [0.29, 0.717) is 18.0 Å². The average Bonchev–Trinajstić information content (AvgIpc) is 2.52. The van der Waals surface area contributed by atoms with Gasteiger partial charge in [-0.2, -0.15) is 13.2 Å². The zero-order valence-corrected chi connectivity index (χ0v) is 13.1. The van der Waals surface area contributed by atoms with E-state index < -0.39 is 11.7 Å². The van der Waals surface area contributed by atoms with Crippen molar-refractivity contribution in [3.05, 3.63) is 65.2 Å². The van der Waals surface area contributed by atoms with E-state index in [0.717, 1.165) is 5.56 Å². The van der Waals surface area contributed by atoms with E-state index in [4.69, 9.17) is 16.3 Å². The van der Waals surface area contributed by atoms with Crippen molar-refractivity contribution in [1.82, 2.24) is 0 Å². The Morgan fingerprint density at radius 3 is 2.39 bits per heavy atom. The van der Waals surface area contributed by atoms with E-state index >= 15 is 0 Å². The first-order valence-corrected chi connectivity index (χ1v) is 7.12. The van der Waals surface area contributed by atoms with Gasteiger partial charge in [0.1, 0.15) is 5.75 Å². The van der Waals surface area contributed by atoms with Gasteiger partial charge in [0.2, 0.25) is 0 Å². The van der Waals surface area contributed by atoms with Crippen molar-refractivity contribution in [3.63, 3.8) is 0 Å². The molecule has 2 aromatic carbocycles. The van der Waals surface area contributed by atoms with Crippen molar-refractivity contribution in [2.24, 2.45) is 0 Å². The van der Waals surface area contributed by atoms with Gasteiger partial charge < -0.3 is 10.1 Å². The van der Waals surface area contributed by atoms with Gasteiger partial charge in [-0.15, -0.1) is 0 Å². The van der Waals surface area contributed by atoms with Crippen LogP contribution in [0.15, 0.2) is 49.0 Å². The van der Waals surface area contributed by atoms with E-state index in [1.807, 2.05) is 12.1 Å². The lowest BCUT2D eigenvalue weighted by Crippen LogP contribution is -2.12. The van der Waals surface area contributed by atoms with Crippen LogP contribution in [0.1, 0.15) is 11.1 Å². The highest BCUT2D eigenvalue weighted by atomic mass is 35.5. The second-order valence-electron chi connectivity index (χ2n) is 4.87. The topological polar surface area (TPSA) is 21.3 Å². The van der Waals surface area contributed by atoms with E-state index in [9.17, 15) is 13.2 Å². The van der Waals surface area contributed by atoms with E-state index in [1.54, 1.807) is 19.2 Å². The second-order valence-corrected chi connectivity index (χ2v) is 5.30. The molecule has 0 spiro atoms. The van der Waals surface area contributed by atoms with Crippen LogP contribution < -0.4 is 10.1 Å². The van der Waals surface area contributed by atoms with Crippen LogP contribution in [0.25, 0.3) is 5.57 Å². The number of nitrogens with one attached hydrogen (secondary N) is 1. The summed E-state index contributed by atoms with van der Waals surface area (Å²) in [5.41, 5.74) is 0.243. The van der Waals surface area contributed by atoms with Crippen molar-refractivity contribution in [1.29, 1.82) is 0 Å². The fourth-order valence-electron chi connectivity index (χ4n) is 2.01. The van der Waals surface area contributed by atoms with Gasteiger partial charge in [-0.1, -0.05) is 30.3 Å². The SMILES string of the molecule is C=C(c1cc(Cl)ccc1NCc1ccc(OC)cc1)C(F)(F)F. The predicted molar refractivity (Wildman–Crippen MR) is 86.9 cm³/mol. The molecule has 2 aromatic rings. The quantitative estimate of drug-likeness (QED) is 0.771. The molecule has 0 radical (unpaired) electrons. The fourth-order valence-corrected chi connectivity index (χ4v) is 2.19. The highest BCUT2D eigenvalue weighted by molar-refractivity contribution is 6.30. The van der Waals surface area contributed by atoms with Crippen LogP contribution >= 0.6 is 11.6 Å². The molecule has 0 amide bonds. The van der Waals surface area contributed by atoms with Crippen LogP contribution in [0.5, 0.6) is 5.75 Å². The molecule has 0 aliphatic heterocycles. The molecular weight excluding hydrogens is 327 g/mol. The molecule has 0 aromatic heterocycles. The third-order valence-electron chi connectivity index (χ3n) is 3.29. The standard InChI is InChI=1S/C17H15ClF3NO/c1-11(17(19,20)21)15-9-13(18)5-8-16(15)22-10-12-3-6-14(23-2)7-4-12/h3-9,22H,1,10H2,2H3. The Bertz CT molecular complexity index is 696. The summed E-state index contributed by atoms with van der Waals surface area (Å²) < 4.78 is 43.8. The van der Waals surface area contributed by atoms with Crippen molar-refractivity contribution >= 4 is 22.9 Å². The fraction of sp³-hybridized carbons (Fsp3) is 0.176. The minimum atomic E-state index is -4.51. The van der Waals surface area contributed by atoms with Gasteiger partial charge >= 0.3 is 6.18 Å². The molecule has 6 heteroatoms. The number of ether oxygens (including phenoxy) is 1. The molecule has 0 saturated carbocycles. The molecule has 0 aliphatic rings. The number of benzene rings is 2. The van der Waals surface area contributed by atoms with Gasteiger partial charge in [0.05, 0.1) is 12.7 Å². The Morgan fingerprint density at radius 2 is 1.83 bits per heavy atom. The number of halogens is 4. The zero-order chi connectivity index (χ0) is 17.0. The molecule has 0 heterocycles. The number of methoxy groups -OCH3 is 1. The Hall–Kier alpha value is -2.14. The van der Waals surface area contributed by atoms with Gasteiger partial charge in [-0.3, -0.25) is 0 Å². The molecule has 122 valence electrons. The molecule has 0 saturated heterocycles. The summed E-state index contributed by atoms with van der Waals surface area (Å²) in [6, 6.07) is 11.5. The summed E-state index contributed by atoms with van der Waals surface area (Å²) >= 11 is 5.81. The number of hydrogen-bond acceptors (Lipinski definition) is 2. The average molecular weight is 342 g/mol. The van der Waals surface area contributed by atoms with Crippen LogP contribution in [0.3, 0.4) is 0 Å². The zero-order valence-electron chi connectivity index (χ0n) is 12.4. The van der Waals surface area contributed by atoms with Crippen LogP contribution in [-0.4, -0.2) is 13.3 Å². The van der Waals surface area contributed by atoms with Crippen molar-refractivity contribution in [2.45, 2.75) is 12.7 Å². The van der Waals surface area contributed by atoms with E-state index in [1.165, 1.54) is 18.2 Å². The van der Waals surface area contributed by atoms with E-state index in [-0.39, 0.29) is 10.6 Å². The molecule has 0 bridgehead atoms. The first kappa shape index (κ1) is 17.2. The number of allylic oxidation sites excluding steroid dienone is 1. The molecule has 0 fully saturated rings. The molecule has 0 aliphatic carbocycles. The maximum absolute atomic E-state index is 12.9. The maximum atomic E-state index is 12.9. The summed E-state index contributed by atoms with van der Waals surface area (Å²) in [5.74, 6) is 0.714. The summed E-state index contributed by atoms with van der Waals surface area (Å²) in [6.45, 7) is 3.50. The van der Waals surface area contributed by atoms with Crippen LogP contribution in [0.4, 0.5) is 18.9 Å². The Kier molecular flexibility index (Phi) is 5.21.